The third-order valence-electron chi connectivity index (χ3n) is 3.59. The Balaban J connectivity index is 1.55. The van der Waals surface area contributed by atoms with E-state index in [1.165, 1.54) is 0 Å². The van der Waals surface area contributed by atoms with Gasteiger partial charge >= 0.3 is 0 Å². The second-order valence-electron chi connectivity index (χ2n) is 5.76. The molecule has 142 valence electrons. The molecule has 0 bridgehead atoms. The summed E-state index contributed by atoms with van der Waals surface area (Å²) in [6.45, 7) is 0.637. The highest BCUT2D eigenvalue weighted by Gasteiger charge is 2.07. The van der Waals surface area contributed by atoms with Crippen molar-refractivity contribution in [3.8, 4) is 0 Å². The summed E-state index contributed by atoms with van der Waals surface area (Å²) in [5, 5.41) is 8.68. The summed E-state index contributed by atoms with van der Waals surface area (Å²) < 4.78 is 0. The van der Waals surface area contributed by atoms with Crippen molar-refractivity contribution in [3.63, 3.8) is 0 Å². The second-order valence-corrected chi connectivity index (χ2v) is 6.19. The summed E-state index contributed by atoms with van der Waals surface area (Å²) in [4.78, 5) is 39.3. The molecular weight excluding hydrogens is 368 g/mol. The van der Waals surface area contributed by atoms with Crippen LogP contribution in [-0.4, -0.2) is 35.8 Å². The van der Waals surface area contributed by atoms with E-state index in [0.29, 0.717) is 29.2 Å². The van der Waals surface area contributed by atoms with Gasteiger partial charge in [-0.25, -0.2) is 0 Å². The number of carbonyl (C=O) groups excluding carboxylic acids is 3. The Hall–Kier alpha value is -2.93. The monoisotopic (exact) mass is 388 g/mol. The van der Waals surface area contributed by atoms with Crippen molar-refractivity contribution in [2.45, 2.75) is 19.3 Å². The average molecular weight is 389 g/mol. The highest BCUT2D eigenvalue weighted by molar-refractivity contribution is 6.30. The Morgan fingerprint density at radius 3 is 2.41 bits per heavy atom. The Bertz CT molecular complexity index is 766. The lowest BCUT2D eigenvalue weighted by Gasteiger charge is -2.07. The van der Waals surface area contributed by atoms with Gasteiger partial charge in [-0.1, -0.05) is 11.6 Å². The van der Waals surface area contributed by atoms with Gasteiger partial charge in [-0.15, -0.1) is 0 Å². The first-order valence-corrected chi connectivity index (χ1v) is 8.93. The average Bonchev–Trinajstić information content (AvgIpc) is 2.66. The zero-order valence-corrected chi connectivity index (χ0v) is 15.5. The minimum Gasteiger partial charge on any atom is -0.356 e. The van der Waals surface area contributed by atoms with Crippen molar-refractivity contribution in [2.24, 2.45) is 0 Å². The van der Waals surface area contributed by atoms with Crippen LogP contribution in [0.4, 0.5) is 5.69 Å². The number of aromatic nitrogens is 1. The molecule has 1 heterocycles. The molecule has 0 saturated heterocycles. The van der Waals surface area contributed by atoms with Gasteiger partial charge in [0.15, 0.2) is 0 Å². The lowest BCUT2D eigenvalue weighted by atomic mass is 10.2. The maximum absolute atomic E-state index is 11.9. The summed E-state index contributed by atoms with van der Waals surface area (Å²) >= 11 is 5.78. The number of nitrogens with zero attached hydrogens (tertiary/aromatic N) is 1. The predicted octanol–water partition coefficient (Wildman–Crippen LogP) is 2.39. The van der Waals surface area contributed by atoms with E-state index in [-0.39, 0.29) is 37.1 Å². The normalized spacial score (nSPS) is 10.1. The molecule has 27 heavy (non-hydrogen) atoms. The van der Waals surface area contributed by atoms with E-state index in [4.69, 9.17) is 11.6 Å². The number of hydrogen-bond acceptors (Lipinski definition) is 4. The van der Waals surface area contributed by atoms with Crippen LogP contribution in [0.15, 0.2) is 48.8 Å². The molecule has 0 aliphatic carbocycles. The fourth-order valence-corrected chi connectivity index (χ4v) is 2.34. The van der Waals surface area contributed by atoms with Crippen molar-refractivity contribution >= 4 is 35.0 Å². The zero-order valence-electron chi connectivity index (χ0n) is 14.7. The van der Waals surface area contributed by atoms with Crippen LogP contribution >= 0.6 is 11.6 Å². The van der Waals surface area contributed by atoms with E-state index in [9.17, 15) is 14.4 Å². The minimum atomic E-state index is -0.209. The van der Waals surface area contributed by atoms with Gasteiger partial charge in [0.1, 0.15) is 0 Å². The van der Waals surface area contributed by atoms with Gasteiger partial charge in [-0.3, -0.25) is 19.4 Å². The standard InChI is InChI=1S/C19H21ClN4O3/c20-15-7-5-14(6-8-15)19(27)23-11-2-4-17(25)22-12-9-18(26)24-16-3-1-10-21-13-16/h1,3,5-8,10,13H,2,4,9,11-12H2,(H,22,25)(H,23,27)(H,24,26). The van der Waals surface area contributed by atoms with E-state index >= 15 is 0 Å². The van der Waals surface area contributed by atoms with Gasteiger partial charge in [-0.05, 0) is 42.8 Å². The summed E-state index contributed by atoms with van der Waals surface area (Å²) in [6, 6.07) is 10.0. The number of amides is 3. The Labute approximate surface area is 162 Å². The third-order valence-corrected chi connectivity index (χ3v) is 3.84. The summed E-state index contributed by atoms with van der Waals surface area (Å²) in [5.41, 5.74) is 1.13. The highest BCUT2D eigenvalue weighted by atomic mass is 35.5. The van der Waals surface area contributed by atoms with Gasteiger partial charge in [-0.2, -0.15) is 0 Å². The van der Waals surface area contributed by atoms with Crippen molar-refractivity contribution in [3.05, 3.63) is 59.4 Å². The molecule has 0 radical (unpaired) electrons. The molecule has 0 aliphatic rings. The smallest absolute Gasteiger partial charge is 0.251 e. The maximum atomic E-state index is 11.9. The molecule has 7 nitrogen and oxygen atoms in total. The maximum Gasteiger partial charge on any atom is 0.251 e. The number of nitrogens with one attached hydrogen (secondary N) is 3. The van der Waals surface area contributed by atoms with E-state index in [2.05, 4.69) is 20.9 Å². The topological polar surface area (TPSA) is 100 Å². The first kappa shape index (κ1) is 20.4. The quantitative estimate of drug-likeness (QED) is 0.574. The van der Waals surface area contributed by atoms with E-state index in [1.807, 2.05) is 0 Å². The van der Waals surface area contributed by atoms with Crippen molar-refractivity contribution in [2.75, 3.05) is 18.4 Å². The number of anilines is 1. The predicted molar refractivity (Wildman–Crippen MR) is 104 cm³/mol. The number of hydrogen-bond donors (Lipinski definition) is 3. The molecule has 3 N–H and O–H groups in total. The lowest BCUT2D eigenvalue weighted by Crippen LogP contribution is -2.29. The summed E-state index contributed by atoms with van der Waals surface area (Å²) in [7, 11) is 0. The second kappa shape index (κ2) is 10.9. The molecule has 2 rings (SSSR count). The Morgan fingerprint density at radius 1 is 0.926 bits per heavy atom. The fourth-order valence-electron chi connectivity index (χ4n) is 2.22. The van der Waals surface area contributed by atoms with Crippen LogP contribution in [0.5, 0.6) is 0 Å². The Kier molecular flexibility index (Phi) is 8.25. The number of rotatable bonds is 9. The van der Waals surface area contributed by atoms with Crippen LogP contribution in [0, 0.1) is 0 Å². The molecule has 3 amide bonds. The van der Waals surface area contributed by atoms with Gasteiger partial charge in [0, 0.05) is 42.7 Å². The van der Waals surface area contributed by atoms with Crippen LogP contribution in [-0.2, 0) is 9.59 Å². The van der Waals surface area contributed by atoms with Crippen LogP contribution in [0.25, 0.3) is 0 Å². The molecule has 1 aromatic carbocycles. The first-order valence-electron chi connectivity index (χ1n) is 8.55. The summed E-state index contributed by atoms with van der Waals surface area (Å²) in [6.07, 6.45) is 4.12. The first-order chi connectivity index (χ1) is 13.0. The van der Waals surface area contributed by atoms with E-state index < -0.39 is 0 Å². The molecule has 2 aromatic rings. The van der Waals surface area contributed by atoms with E-state index in [1.54, 1.807) is 48.8 Å². The molecule has 0 unspecified atom stereocenters. The highest BCUT2D eigenvalue weighted by Crippen LogP contribution is 2.09. The van der Waals surface area contributed by atoms with Crippen LogP contribution < -0.4 is 16.0 Å². The fraction of sp³-hybridized carbons (Fsp3) is 0.263. The molecule has 1 aromatic heterocycles. The number of pyridine rings is 1. The SMILES string of the molecule is O=C(CCCNC(=O)c1ccc(Cl)cc1)NCCC(=O)Nc1cccnc1. The minimum absolute atomic E-state index is 0.162. The molecule has 0 aliphatic heterocycles. The zero-order chi connectivity index (χ0) is 19.5. The van der Waals surface area contributed by atoms with Crippen LogP contribution in [0.3, 0.4) is 0 Å². The third kappa shape index (κ3) is 7.87. The van der Waals surface area contributed by atoms with Gasteiger partial charge in [0.25, 0.3) is 5.91 Å². The van der Waals surface area contributed by atoms with Crippen LogP contribution in [0.2, 0.25) is 5.02 Å². The van der Waals surface area contributed by atoms with Gasteiger partial charge < -0.3 is 16.0 Å². The largest absolute Gasteiger partial charge is 0.356 e. The Morgan fingerprint density at radius 2 is 1.70 bits per heavy atom. The molecule has 0 fully saturated rings. The van der Waals surface area contributed by atoms with Gasteiger partial charge in [0.05, 0.1) is 11.9 Å². The van der Waals surface area contributed by atoms with Gasteiger partial charge in [0.2, 0.25) is 11.8 Å². The summed E-state index contributed by atoms with van der Waals surface area (Å²) in [5.74, 6) is -0.567. The number of benzene rings is 1. The van der Waals surface area contributed by atoms with Crippen LogP contribution in [0.1, 0.15) is 29.6 Å². The molecule has 8 heteroatoms. The molecular formula is C19H21ClN4O3. The molecule has 0 spiro atoms. The molecule has 0 saturated carbocycles. The molecule has 0 atom stereocenters. The van der Waals surface area contributed by atoms with Crippen molar-refractivity contribution in [1.82, 2.24) is 15.6 Å². The lowest BCUT2D eigenvalue weighted by molar-refractivity contribution is -0.121. The number of halogens is 1. The van der Waals surface area contributed by atoms with Crippen molar-refractivity contribution < 1.29 is 14.4 Å². The van der Waals surface area contributed by atoms with E-state index in [0.717, 1.165) is 0 Å². The number of carbonyl (C=O) groups is 3. The van der Waals surface area contributed by atoms with Crippen molar-refractivity contribution in [1.29, 1.82) is 0 Å².